The molecule has 0 saturated heterocycles. The van der Waals surface area contributed by atoms with Crippen molar-refractivity contribution >= 4 is 21.6 Å². The molecule has 0 aliphatic heterocycles. The molecule has 0 aliphatic rings. The molecular weight excluding hydrogens is 396 g/mol. The van der Waals surface area contributed by atoms with E-state index < -0.39 is 10.0 Å². The van der Waals surface area contributed by atoms with Crippen LogP contribution in [-0.4, -0.2) is 27.1 Å². The number of nitrogens with one attached hydrogen (secondary N) is 1. The maximum Gasteiger partial charge on any atom is 0.241 e. The molecule has 0 bridgehead atoms. The highest BCUT2D eigenvalue weighted by Crippen LogP contribution is 2.24. The van der Waals surface area contributed by atoms with Gasteiger partial charge in [0.2, 0.25) is 15.9 Å². The zero-order valence-corrected chi connectivity index (χ0v) is 18.2. The van der Waals surface area contributed by atoms with Crippen molar-refractivity contribution < 1.29 is 13.2 Å². The van der Waals surface area contributed by atoms with Crippen molar-refractivity contribution in [2.75, 3.05) is 17.1 Å². The number of hydrogen-bond acceptors (Lipinski definition) is 3. The smallest absolute Gasteiger partial charge is 0.241 e. The van der Waals surface area contributed by atoms with Crippen molar-refractivity contribution in [3.8, 4) is 0 Å². The van der Waals surface area contributed by atoms with Crippen molar-refractivity contribution in [1.82, 2.24) is 5.32 Å². The van der Waals surface area contributed by atoms with Crippen LogP contribution in [0, 0.1) is 13.8 Å². The lowest BCUT2D eigenvalue weighted by atomic mass is 9.98. The fourth-order valence-corrected chi connectivity index (χ4v) is 4.24. The molecule has 3 aromatic rings. The van der Waals surface area contributed by atoms with E-state index in [0.29, 0.717) is 5.69 Å². The highest BCUT2D eigenvalue weighted by molar-refractivity contribution is 7.92. The van der Waals surface area contributed by atoms with Crippen LogP contribution in [0.5, 0.6) is 0 Å². The van der Waals surface area contributed by atoms with Crippen LogP contribution in [0.4, 0.5) is 5.69 Å². The fraction of sp³-hybridized carbons (Fsp3) is 0.208. The first kappa shape index (κ1) is 21.6. The summed E-state index contributed by atoms with van der Waals surface area (Å²) in [5.74, 6) is -0.377. The van der Waals surface area contributed by atoms with Crippen LogP contribution in [0.25, 0.3) is 0 Å². The van der Waals surface area contributed by atoms with Gasteiger partial charge in [0, 0.05) is 0 Å². The molecule has 0 spiro atoms. The molecule has 0 saturated carbocycles. The molecule has 0 heterocycles. The Bertz CT molecular complexity index is 1110. The monoisotopic (exact) mass is 422 g/mol. The predicted molar refractivity (Wildman–Crippen MR) is 121 cm³/mol. The normalized spacial score (nSPS) is 12.2. The Morgan fingerprint density at radius 3 is 2.03 bits per heavy atom. The average molecular weight is 423 g/mol. The molecule has 1 amide bonds. The Morgan fingerprint density at radius 2 is 1.43 bits per heavy atom. The molecule has 156 valence electrons. The van der Waals surface area contributed by atoms with Gasteiger partial charge in [-0.05, 0) is 36.6 Å². The van der Waals surface area contributed by atoms with E-state index in [1.54, 1.807) is 12.1 Å². The molecule has 1 unspecified atom stereocenters. The molecule has 3 aromatic carbocycles. The number of benzene rings is 3. The second-order valence-corrected chi connectivity index (χ2v) is 9.28. The van der Waals surface area contributed by atoms with Crippen LogP contribution < -0.4 is 9.62 Å². The summed E-state index contributed by atoms with van der Waals surface area (Å²) in [5.41, 5.74) is 4.27. The van der Waals surface area contributed by atoms with E-state index in [0.717, 1.165) is 32.8 Å². The lowest BCUT2D eigenvalue weighted by molar-refractivity contribution is -0.120. The number of carbonyl (C=O) groups is 1. The SMILES string of the molecule is Cc1ccc(C(NC(=O)CN(c2ccccc2C)S(C)(=O)=O)c2ccccc2)cc1. The number of anilines is 1. The second-order valence-electron chi connectivity index (χ2n) is 7.38. The van der Waals surface area contributed by atoms with Gasteiger partial charge in [-0.15, -0.1) is 0 Å². The lowest BCUT2D eigenvalue weighted by Crippen LogP contribution is -2.42. The third-order valence-electron chi connectivity index (χ3n) is 4.92. The molecule has 1 N–H and O–H groups in total. The quantitative estimate of drug-likeness (QED) is 0.626. The van der Waals surface area contributed by atoms with Gasteiger partial charge in [-0.3, -0.25) is 9.10 Å². The zero-order chi connectivity index (χ0) is 21.7. The van der Waals surface area contributed by atoms with Crippen molar-refractivity contribution in [2.24, 2.45) is 0 Å². The van der Waals surface area contributed by atoms with E-state index in [1.165, 1.54) is 0 Å². The standard InChI is InChI=1S/C24H26N2O3S/c1-18-13-15-21(16-14-18)24(20-10-5-4-6-11-20)25-23(27)17-26(30(3,28)29)22-12-8-7-9-19(22)2/h4-16,24H,17H2,1-3H3,(H,25,27). The fourth-order valence-electron chi connectivity index (χ4n) is 3.32. The molecule has 5 nitrogen and oxygen atoms in total. The van der Waals surface area contributed by atoms with Gasteiger partial charge < -0.3 is 5.32 Å². The van der Waals surface area contributed by atoms with Crippen LogP contribution >= 0.6 is 0 Å². The molecule has 6 heteroatoms. The van der Waals surface area contributed by atoms with E-state index in [9.17, 15) is 13.2 Å². The van der Waals surface area contributed by atoms with Crippen molar-refractivity contribution in [2.45, 2.75) is 19.9 Å². The average Bonchev–Trinajstić information content (AvgIpc) is 2.71. The Balaban J connectivity index is 1.89. The largest absolute Gasteiger partial charge is 0.344 e. The summed E-state index contributed by atoms with van der Waals surface area (Å²) in [5, 5.41) is 3.02. The van der Waals surface area contributed by atoms with Crippen molar-refractivity contribution in [3.63, 3.8) is 0 Å². The van der Waals surface area contributed by atoms with Gasteiger partial charge in [0.25, 0.3) is 0 Å². The number of sulfonamides is 1. The first-order chi connectivity index (χ1) is 14.3. The van der Waals surface area contributed by atoms with E-state index >= 15 is 0 Å². The Kier molecular flexibility index (Phi) is 6.57. The molecule has 0 fully saturated rings. The maximum atomic E-state index is 13.0. The third kappa shape index (κ3) is 5.27. The van der Waals surface area contributed by atoms with Crippen LogP contribution in [0.15, 0.2) is 78.9 Å². The molecule has 3 rings (SSSR count). The van der Waals surface area contributed by atoms with Gasteiger partial charge in [0.1, 0.15) is 6.54 Å². The second kappa shape index (κ2) is 9.13. The highest BCUT2D eigenvalue weighted by atomic mass is 32.2. The Hall–Kier alpha value is -3.12. The third-order valence-corrected chi connectivity index (χ3v) is 6.05. The van der Waals surface area contributed by atoms with Crippen molar-refractivity contribution in [1.29, 1.82) is 0 Å². The highest BCUT2D eigenvalue weighted by Gasteiger charge is 2.24. The van der Waals surface area contributed by atoms with Gasteiger partial charge in [-0.1, -0.05) is 78.4 Å². The van der Waals surface area contributed by atoms with E-state index in [4.69, 9.17) is 0 Å². The first-order valence-electron chi connectivity index (χ1n) is 9.70. The summed E-state index contributed by atoms with van der Waals surface area (Å²) < 4.78 is 26.0. The number of para-hydroxylation sites is 1. The molecule has 1 atom stereocenters. The Morgan fingerprint density at radius 1 is 0.867 bits per heavy atom. The van der Waals surface area contributed by atoms with Gasteiger partial charge in [-0.25, -0.2) is 8.42 Å². The summed E-state index contributed by atoms with van der Waals surface area (Å²) in [7, 11) is -3.63. The van der Waals surface area contributed by atoms with Crippen LogP contribution in [0.3, 0.4) is 0 Å². The molecule has 0 aliphatic carbocycles. The van der Waals surface area contributed by atoms with Crippen LogP contribution in [0.2, 0.25) is 0 Å². The Labute approximate surface area is 178 Å². The molecule has 0 aromatic heterocycles. The van der Waals surface area contributed by atoms with Gasteiger partial charge >= 0.3 is 0 Å². The minimum Gasteiger partial charge on any atom is -0.344 e. The predicted octanol–water partition coefficient (Wildman–Crippen LogP) is 3.98. The molecular formula is C24H26N2O3S. The van der Waals surface area contributed by atoms with Gasteiger partial charge in [0.05, 0.1) is 18.0 Å². The van der Waals surface area contributed by atoms with E-state index in [2.05, 4.69) is 5.32 Å². The minimum absolute atomic E-state index is 0.293. The van der Waals surface area contributed by atoms with Crippen molar-refractivity contribution in [3.05, 3.63) is 101 Å². The number of carbonyl (C=O) groups excluding carboxylic acids is 1. The topological polar surface area (TPSA) is 66.5 Å². The number of nitrogens with zero attached hydrogens (tertiary/aromatic N) is 1. The lowest BCUT2D eigenvalue weighted by Gasteiger charge is -2.26. The molecule has 0 radical (unpaired) electrons. The van der Waals surface area contributed by atoms with E-state index in [-0.39, 0.29) is 18.5 Å². The summed E-state index contributed by atoms with van der Waals surface area (Å²) in [6.45, 7) is 3.54. The zero-order valence-electron chi connectivity index (χ0n) is 17.4. The number of aryl methyl sites for hydroxylation is 2. The summed E-state index contributed by atoms with van der Waals surface area (Å²) in [6.07, 6.45) is 1.11. The van der Waals surface area contributed by atoms with Crippen LogP contribution in [0.1, 0.15) is 28.3 Å². The number of amides is 1. The number of hydrogen-bond donors (Lipinski definition) is 1. The summed E-state index contributed by atoms with van der Waals surface area (Å²) in [6, 6.07) is 24.3. The van der Waals surface area contributed by atoms with E-state index in [1.807, 2.05) is 80.6 Å². The maximum absolute atomic E-state index is 13.0. The molecule has 30 heavy (non-hydrogen) atoms. The van der Waals surface area contributed by atoms with Crippen LogP contribution in [-0.2, 0) is 14.8 Å². The van der Waals surface area contributed by atoms with Gasteiger partial charge in [-0.2, -0.15) is 0 Å². The minimum atomic E-state index is -3.63. The summed E-state index contributed by atoms with van der Waals surface area (Å²) >= 11 is 0. The summed E-state index contributed by atoms with van der Waals surface area (Å²) in [4.78, 5) is 13.0. The first-order valence-corrected chi connectivity index (χ1v) is 11.5. The number of rotatable bonds is 7. The van der Waals surface area contributed by atoms with Gasteiger partial charge in [0.15, 0.2) is 0 Å².